The highest BCUT2D eigenvalue weighted by atomic mass is 19.1. The molecule has 0 amide bonds. The zero-order valence-electron chi connectivity index (χ0n) is 11.8. The lowest BCUT2D eigenvalue weighted by Crippen LogP contribution is -2.36. The van der Waals surface area contributed by atoms with Gasteiger partial charge in [0.15, 0.2) is 0 Å². The molecule has 1 aliphatic rings. The lowest BCUT2D eigenvalue weighted by atomic mass is 9.99. The Morgan fingerprint density at radius 2 is 2.32 bits per heavy atom. The van der Waals surface area contributed by atoms with Gasteiger partial charge in [0.25, 0.3) is 0 Å². The van der Waals surface area contributed by atoms with E-state index in [4.69, 9.17) is 4.74 Å². The first-order valence-corrected chi connectivity index (χ1v) is 6.90. The summed E-state index contributed by atoms with van der Waals surface area (Å²) < 4.78 is 18.6. The lowest BCUT2D eigenvalue weighted by molar-refractivity contribution is 0.235. The Bertz CT molecular complexity index is 405. The molecule has 1 saturated heterocycles. The van der Waals surface area contributed by atoms with Crippen LogP contribution in [0.3, 0.4) is 0 Å². The van der Waals surface area contributed by atoms with Crippen LogP contribution in [0.4, 0.5) is 4.39 Å². The summed E-state index contributed by atoms with van der Waals surface area (Å²) in [6, 6.07) is 4.70. The standard InChI is InChI=1S/C15H23FN2O/c1-18(10-12-4-3-7-17-9-12)11-13-8-14(16)5-6-15(13)19-2/h5-6,8,12,17H,3-4,7,9-11H2,1-2H3. The van der Waals surface area contributed by atoms with Gasteiger partial charge >= 0.3 is 0 Å². The van der Waals surface area contributed by atoms with Crippen molar-refractivity contribution in [3.8, 4) is 5.75 Å². The maximum atomic E-state index is 13.3. The minimum Gasteiger partial charge on any atom is -0.496 e. The van der Waals surface area contributed by atoms with Crippen LogP contribution in [0.15, 0.2) is 18.2 Å². The highest BCUT2D eigenvalue weighted by Gasteiger charge is 2.16. The van der Waals surface area contributed by atoms with Gasteiger partial charge in [-0.25, -0.2) is 4.39 Å². The summed E-state index contributed by atoms with van der Waals surface area (Å²) in [6.45, 7) is 3.98. The Labute approximate surface area is 114 Å². The van der Waals surface area contributed by atoms with Crippen molar-refractivity contribution in [2.75, 3.05) is 33.8 Å². The van der Waals surface area contributed by atoms with Gasteiger partial charge in [-0.15, -0.1) is 0 Å². The molecule has 0 aliphatic carbocycles. The van der Waals surface area contributed by atoms with E-state index >= 15 is 0 Å². The van der Waals surface area contributed by atoms with Crippen LogP contribution in [0.2, 0.25) is 0 Å². The summed E-state index contributed by atoms with van der Waals surface area (Å²) in [7, 11) is 3.71. The lowest BCUT2D eigenvalue weighted by Gasteiger charge is -2.28. The number of hydrogen-bond donors (Lipinski definition) is 1. The van der Waals surface area contributed by atoms with Gasteiger partial charge in [-0.2, -0.15) is 0 Å². The molecule has 1 unspecified atom stereocenters. The fourth-order valence-electron chi connectivity index (χ4n) is 2.75. The Morgan fingerprint density at radius 3 is 3.00 bits per heavy atom. The number of nitrogens with zero attached hydrogens (tertiary/aromatic N) is 1. The summed E-state index contributed by atoms with van der Waals surface area (Å²) >= 11 is 0. The number of halogens is 1. The third-order valence-electron chi connectivity index (χ3n) is 3.65. The molecule has 1 fully saturated rings. The molecule has 0 radical (unpaired) electrons. The Balaban J connectivity index is 1.93. The average molecular weight is 266 g/mol. The number of hydrogen-bond acceptors (Lipinski definition) is 3. The number of piperidine rings is 1. The molecule has 1 aliphatic heterocycles. The number of ether oxygens (including phenoxy) is 1. The summed E-state index contributed by atoms with van der Waals surface area (Å²) in [5.74, 6) is 1.25. The van der Waals surface area contributed by atoms with Gasteiger partial charge in [-0.05, 0) is 57.1 Å². The van der Waals surface area contributed by atoms with Crippen molar-refractivity contribution in [1.82, 2.24) is 10.2 Å². The predicted octanol–water partition coefficient (Wildman–Crippen LogP) is 2.27. The molecule has 2 rings (SSSR count). The van der Waals surface area contributed by atoms with Crippen molar-refractivity contribution in [2.24, 2.45) is 5.92 Å². The normalized spacial score (nSPS) is 19.7. The average Bonchev–Trinajstić information content (AvgIpc) is 2.40. The van der Waals surface area contributed by atoms with E-state index in [1.54, 1.807) is 19.2 Å². The highest BCUT2D eigenvalue weighted by molar-refractivity contribution is 5.33. The summed E-state index contributed by atoms with van der Waals surface area (Å²) in [5, 5.41) is 3.42. The molecule has 1 heterocycles. The van der Waals surface area contributed by atoms with Gasteiger partial charge in [0.2, 0.25) is 0 Å². The molecular weight excluding hydrogens is 243 g/mol. The summed E-state index contributed by atoms with van der Waals surface area (Å²) in [5.41, 5.74) is 0.911. The van der Waals surface area contributed by atoms with E-state index in [0.29, 0.717) is 5.92 Å². The minimum absolute atomic E-state index is 0.205. The minimum atomic E-state index is -0.205. The molecule has 1 atom stereocenters. The Hall–Kier alpha value is -1.13. The van der Waals surface area contributed by atoms with Gasteiger partial charge in [-0.1, -0.05) is 0 Å². The van der Waals surface area contributed by atoms with Gasteiger partial charge < -0.3 is 15.0 Å². The first-order valence-electron chi connectivity index (χ1n) is 6.90. The smallest absolute Gasteiger partial charge is 0.123 e. The van der Waals surface area contributed by atoms with E-state index in [2.05, 4.69) is 17.3 Å². The SMILES string of the molecule is COc1ccc(F)cc1CN(C)CC1CCCNC1. The third kappa shape index (κ3) is 4.18. The van der Waals surface area contributed by atoms with Crippen LogP contribution in [0.5, 0.6) is 5.75 Å². The van der Waals surface area contributed by atoms with E-state index in [-0.39, 0.29) is 5.82 Å². The maximum Gasteiger partial charge on any atom is 0.123 e. The molecule has 3 nitrogen and oxygen atoms in total. The van der Waals surface area contributed by atoms with Crippen LogP contribution in [-0.4, -0.2) is 38.7 Å². The van der Waals surface area contributed by atoms with Gasteiger partial charge in [-0.3, -0.25) is 0 Å². The Kier molecular flexibility index (Phi) is 5.16. The molecule has 1 aromatic rings. The summed E-state index contributed by atoms with van der Waals surface area (Å²) in [6.07, 6.45) is 2.53. The molecule has 19 heavy (non-hydrogen) atoms. The molecule has 0 aromatic heterocycles. The molecule has 1 aromatic carbocycles. The Morgan fingerprint density at radius 1 is 1.47 bits per heavy atom. The first-order chi connectivity index (χ1) is 9.19. The molecule has 0 bridgehead atoms. The third-order valence-corrected chi connectivity index (χ3v) is 3.65. The molecule has 0 spiro atoms. The van der Waals surface area contributed by atoms with E-state index in [1.807, 2.05) is 0 Å². The maximum absolute atomic E-state index is 13.3. The number of rotatable bonds is 5. The monoisotopic (exact) mass is 266 g/mol. The van der Waals surface area contributed by atoms with E-state index in [9.17, 15) is 4.39 Å². The number of methoxy groups -OCH3 is 1. The molecule has 4 heteroatoms. The van der Waals surface area contributed by atoms with Crippen molar-refractivity contribution in [3.05, 3.63) is 29.6 Å². The number of benzene rings is 1. The quantitative estimate of drug-likeness (QED) is 0.885. The fraction of sp³-hybridized carbons (Fsp3) is 0.600. The highest BCUT2D eigenvalue weighted by Crippen LogP contribution is 2.21. The van der Waals surface area contributed by atoms with Crippen LogP contribution >= 0.6 is 0 Å². The predicted molar refractivity (Wildman–Crippen MR) is 74.9 cm³/mol. The van der Waals surface area contributed by atoms with E-state index < -0.39 is 0 Å². The second-order valence-corrected chi connectivity index (χ2v) is 5.37. The molecule has 1 N–H and O–H groups in total. The zero-order chi connectivity index (χ0) is 13.7. The largest absolute Gasteiger partial charge is 0.496 e. The van der Waals surface area contributed by atoms with Crippen molar-refractivity contribution in [2.45, 2.75) is 19.4 Å². The fourth-order valence-corrected chi connectivity index (χ4v) is 2.75. The van der Waals surface area contributed by atoms with Gasteiger partial charge in [0, 0.05) is 18.7 Å². The van der Waals surface area contributed by atoms with Crippen LogP contribution in [-0.2, 0) is 6.54 Å². The summed E-state index contributed by atoms with van der Waals surface area (Å²) in [4.78, 5) is 2.24. The van der Waals surface area contributed by atoms with E-state index in [1.165, 1.54) is 18.9 Å². The molecule has 0 saturated carbocycles. The first kappa shape index (κ1) is 14.3. The molecular formula is C15H23FN2O. The van der Waals surface area contributed by atoms with Gasteiger partial charge in [0.05, 0.1) is 7.11 Å². The second kappa shape index (κ2) is 6.87. The van der Waals surface area contributed by atoms with Crippen molar-refractivity contribution >= 4 is 0 Å². The van der Waals surface area contributed by atoms with Crippen molar-refractivity contribution in [3.63, 3.8) is 0 Å². The topological polar surface area (TPSA) is 24.5 Å². The van der Waals surface area contributed by atoms with Crippen molar-refractivity contribution in [1.29, 1.82) is 0 Å². The van der Waals surface area contributed by atoms with Crippen LogP contribution in [0.1, 0.15) is 18.4 Å². The van der Waals surface area contributed by atoms with Gasteiger partial charge in [0.1, 0.15) is 11.6 Å². The second-order valence-electron chi connectivity index (χ2n) is 5.37. The van der Waals surface area contributed by atoms with Crippen LogP contribution in [0.25, 0.3) is 0 Å². The van der Waals surface area contributed by atoms with Crippen molar-refractivity contribution < 1.29 is 9.13 Å². The zero-order valence-corrected chi connectivity index (χ0v) is 11.8. The van der Waals surface area contributed by atoms with Crippen LogP contribution < -0.4 is 10.1 Å². The van der Waals surface area contributed by atoms with E-state index in [0.717, 1.165) is 37.5 Å². The number of nitrogens with one attached hydrogen (secondary N) is 1. The van der Waals surface area contributed by atoms with Crippen LogP contribution in [0, 0.1) is 11.7 Å². The molecule has 106 valence electrons.